The zero-order valence-electron chi connectivity index (χ0n) is 18.9. The van der Waals surface area contributed by atoms with Crippen molar-refractivity contribution >= 4 is 28.8 Å². The second-order valence-corrected chi connectivity index (χ2v) is 8.58. The van der Waals surface area contributed by atoms with Crippen LogP contribution in [0.2, 0.25) is 0 Å². The van der Waals surface area contributed by atoms with Gasteiger partial charge in [0, 0.05) is 18.4 Å². The number of hydrogen-bond donors (Lipinski definition) is 0. The van der Waals surface area contributed by atoms with Crippen molar-refractivity contribution < 1.29 is 23.0 Å². The molecule has 5 nitrogen and oxygen atoms in total. The second kappa shape index (κ2) is 10.7. The first-order chi connectivity index (χ1) is 16.5. The number of aryl methyl sites for hydroxylation is 2. The van der Waals surface area contributed by atoms with Gasteiger partial charge in [-0.05, 0) is 66.9 Å². The number of ether oxygens (including phenoxy) is 2. The average Bonchev–Trinajstić information content (AvgIpc) is 3.18. The molecule has 176 valence electrons. The van der Waals surface area contributed by atoms with Crippen LogP contribution in [0.5, 0.6) is 5.75 Å². The average molecular weight is 483 g/mol. The standard InChI is InChI=1S/C26H24F2N2O3S/c1-3-33-25(31)19-6-9-24-23(14-19)29-26(34-16-18-12-20(27)15-21(28)13-18)30(24)11-10-17-4-7-22(32-2)8-5-17/h4-9,12-15H,3,10-11,16H2,1-2H3. The maximum Gasteiger partial charge on any atom is 0.338 e. The van der Waals surface area contributed by atoms with E-state index in [2.05, 4.69) is 4.57 Å². The van der Waals surface area contributed by atoms with Crippen LogP contribution in [0.3, 0.4) is 0 Å². The van der Waals surface area contributed by atoms with Gasteiger partial charge in [-0.1, -0.05) is 23.9 Å². The number of imidazole rings is 1. The SMILES string of the molecule is CCOC(=O)c1ccc2c(c1)nc(SCc1cc(F)cc(F)c1)n2CCc1ccc(OC)cc1. The fraction of sp³-hybridized carbons (Fsp3) is 0.231. The molecule has 8 heteroatoms. The highest BCUT2D eigenvalue weighted by Gasteiger charge is 2.15. The molecular formula is C26H24F2N2O3S. The van der Waals surface area contributed by atoms with Gasteiger partial charge in [-0.25, -0.2) is 18.6 Å². The molecule has 34 heavy (non-hydrogen) atoms. The summed E-state index contributed by atoms with van der Waals surface area (Å²) in [5.74, 6) is -0.473. The summed E-state index contributed by atoms with van der Waals surface area (Å²) in [6.45, 7) is 2.69. The summed E-state index contributed by atoms with van der Waals surface area (Å²) >= 11 is 1.39. The summed E-state index contributed by atoms with van der Waals surface area (Å²) in [4.78, 5) is 16.9. The maximum atomic E-state index is 13.6. The number of hydrogen-bond acceptors (Lipinski definition) is 5. The van der Waals surface area contributed by atoms with E-state index in [1.54, 1.807) is 26.2 Å². The Bertz CT molecular complexity index is 1290. The molecule has 4 rings (SSSR count). The van der Waals surface area contributed by atoms with Gasteiger partial charge < -0.3 is 14.0 Å². The Labute approximate surface area is 200 Å². The van der Waals surface area contributed by atoms with E-state index in [1.165, 1.54) is 23.9 Å². The minimum atomic E-state index is -0.609. The third kappa shape index (κ3) is 5.56. The molecule has 0 atom stereocenters. The quantitative estimate of drug-likeness (QED) is 0.215. The third-order valence-corrected chi connectivity index (χ3v) is 6.35. The molecule has 4 aromatic rings. The lowest BCUT2D eigenvalue weighted by Crippen LogP contribution is -2.05. The van der Waals surface area contributed by atoms with Crippen LogP contribution in [0.25, 0.3) is 11.0 Å². The van der Waals surface area contributed by atoms with E-state index in [1.807, 2.05) is 30.3 Å². The molecule has 0 unspecified atom stereocenters. The number of benzene rings is 3. The summed E-state index contributed by atoms with van der Waals surface area (Å²) in [6, 6.07) is 16.6. The number of carbonyl (C=O) groups excluding carboxylic acids is 1. The number of methoxy groups -OCH3 is 1. The second-order valence-electron chi connectivity index (χ2n) is 7.63. The molecule has 0 N–H and O–H groups in total. The lowest BCUT2D eigenvalue weighted by atomic mass is 10.1. The van der Waals surface area contributed by atoms with Crippen LogP contribution in [-0.4, -0.2) is 29.2 Å². The monoisotopic (exact) mass is 482 g/mol. The maximum absolute atomic E-state index is 13.6. The fourth-order valence-electron chi connectivity index (χ4n) is 3.65. The summed E-state index contributed by atoms with van der Waals surface area (Å²) in [5, 5.41) is 0.703. The molecule has 1 heterocycles. The summed E-state index contributed by atoms with van der Waals surface area (Å²) in [6.07, 6.45) is 0.747. The van der Waals surface area contributed by atoms with Crippen molar-refractivity contribution in [2.75, 3.05) is 13.7 Å². The largest absolute Gasteiger partial charge is 0.497 e. The number of rotatable bonds is 9. The van der Waals surface area contributed by atoms with Gasteiger partial charge in [0.1, 0.15) is 17.4 Å². The Morgan fingerprint density at radius 1 is 1.00 bits per heavy atom. The lowest BCUT2D eigenvalue weighted by Gasteiger charge is -2.10. The molecule has 0 fully saturated rings. The Morgan fingerprint density at radius 3 is 2.41 bits per heavy atom. The van der Waals surface area contributed by atoms with E-state index in [9.17, 15) is 13.6 Å². The Morgan fingerprint density at radius 2 is 1.74 bits per heavy atom. The predicted octanol–water partition coefficient (Wildman–Crippen LogP) is 6.03. The molecule has 0 aliphatic carbocycles. The molecule has 0 saturated heterocycles. The molecule has 0 saturated carbocycles. The molecule has 0 amide bonds. The van der Waals surface area contributed by atoms with Crippen LogP contribution in [-0.2, 0) is 23.5 Å². The number of thioether (sulfide) groups is 1. The molecule has 0 spiro atoms. The van der Waals surface area contributed by atoms with Crippen LogP contribution in [0.15, 0.2) is 65.8 Å². The van der Waals surface area contributed by atoms with Crippen LogP contribution in [0.4, 0.5) is 8.78 Å². The van der Waals surface area contributed by atoms with Crippen LogP contribution in [0.1, 0.15) is 28.4 Å². The first kappa shape index (κ1) is 23.8. The fourth-order valence-corrected chi connectivity index (χ4v) is 4.62. The van der Waals surface area contributed by atoms with Gasteiger partial charge in [0.05, 0.1) is 30.3 Å². The predicted molar refractivity (Wildman–Crippen MR) is 128 cm³/mol. The molecule has 0 aliphatic heterocycles. The summed E-state index contributed by atoms with van der Waals surface area (Å²) in [7, 11) is 1.63. The number of fused-ring (bicyclic) bond motifs is 1. The van der Waals surface area contributed by atoms with Crippen molar-refractivity contribution in [3.05, 3.63) is 89.0 Å². The first-order valence-corrected chi connectivity index (χ1v) is 11.8. The van der Waals surface area contributed by atoms with Gasteiger partial charge in [-0.15, -0.1) is 0 Å². The van der Waals surface area contributed by atoms with Gasteiger partial charge in [0.15, 0.2) is 5.16 Å². The number of esters is 1. The molecule has 0 bridgehead atoms. The van der Waals surface area contributed by atoms with E-state index < -0.39 is 17.6 Å². The highest BCUT2D eigenvalue weighted by molar-refractivity contribution is 7.98. The smallest absolute Gasteiger partial charge is 0.338 e. The van der Waals surface area contributed by atoms with E-state index in [4.69, 9.17) is 14.5 Å². The van der Waals surface area contributed by atoms with Crippen LogP contribution >= 0.6 is 11.8 Å². The van der Waals surface area contributed by atoms with E-state index in [0.717, 1.165) is 29.3 Å². The molecule has 3 aromatic carbocycles. The van der Waals surface area contributed by atoms with Gasteiger partial charge in [-0.2, -0.15) is 0 Å². The van der Waals surface area contributed by atoms with Crippen molar-refractivity contribution in [2.24, 2.45) is 0 Å². The first-order valence-electron chi connectivity index (χ1n) is 10.8. The highest BCUT2D eigenvalue weighted by Crippen LogP contribution is 2.29. The minimum absolute atomic E-state index is 0.290. The number of carbonyl (C=O) groups is 1. The topological polar surface area (TPSA) is 53.3 Å². The van der Waals surface area contributed by atoms with E-state index >= 15 is 0 Å². The number of aromatic nitrogens is 2. The normalized spacial score (nSPS) is 11.1. The summed E-state index contributed by atoms with van der Waals surface area (Å²) < 4.78 is 39.6. The Balaban J connectivity index is 1.63. The zero-order valence-corrected chi connectivity index (χ0v) is 19.7. The van der Waals surface area contributed by atoms with Gasteiger partial charge in [0.2, 0.25) is 0 Å². The lowest BCUT2D eigenvalue weighted by molar-refractivity contribution is 0.0526. The van der Waals surface area contributed by atoms with Crippen LogP contribution in [0, 0.1) is 11.6 Å². The van der Waals surface area contributed by atoms with E-state index in [-0.39, 0.29) is 0 Å². The van der Waals surface area contributed by atoms with Crippen molar-refractivity contribution in [2.45, 2.75) is 30.8 Å². The van der Waals surface area contributed by atoms with E-state index in [0.29, 0.717) is 40.7 Å². The number of nitrogens with zero attached hydrogens (tertiary/aromatic N) is 2. The summed E-state index contributed by atoms with van der Waals surface area (Å²) in [5.41, 5.74) is 3.62. The number of halogens is 2. The van der Waals surface area contributed by atoms with Gasteiger partial charge >= 0.3 is 5.97 Å². The zero-order chi connectivity index (χ0) is 24.1. The molecular weight excluding hydrogens is 458 g/mol. The minimum Gasteiger partial charge on any atom is -0.497 e. The van der Waals surface area contributed by atoms with Gasteiger partial charge in [0.25, 0.3) is 0 Å². The van der Waals surface area contributed by atoms with Crippen molar-refractivity contribution in [1.82, 2.24) is 9.55 Å². The highest BCUT2D eigenvalue weighted by atomic mass is 32.2. The molecule has 0 aliphatic rings. The third-order valence-electron chi connectivity index (χ3n) is 5.30. The molecule has 1 aromatic heterocycles. The molecule has 0 radical (unpaired) electrons. The Hall–Kier alpha value is -3.39. The van der Waals surface area contributed by atoms with Crippen molar-refractivity contribution in [3.8, 4) is 5.75 Å². The van der Waals surface area contributed by atoms with Crippen molar-refractivity contribution in [3.63, 3.8) is 0 Å². The van der Waals surface area contributed by atoms with Crippen LogP contribution < -0.4 is 4.74 Å². The van der Waals surface area contributed by atoms with Crippen molar-refractivity contribution in [1.29, 1.82) is 0 Å². The van der Waals surface area contributed by atoms with Gasteiger partial charge in [-0.3, -0.25) is 0 Å². The Kier molecular flexibility index (Phi) is 7.47.